The van der Waals surface area contributed by atoms with Crippen LogP contribution in [-0.2, 0) is 6.54 Å². The van der Waals surface area contributed by atoms with Gasteiger partial charge in [-0.1, -0.05) is 36.4 Å². The highest BCUT2D eigenvalue weighted by molar-refractivity contribution is 5.94. The van der Waals surface area contributed by atoms with Crippen molar-refractivity contribution in [2.75, 3.05) is 26.2 Å². The molecule has 0 atom stereocenters. The monoisotopic (exact) mass is 331 g/mol. The number of carbonyl (C=O) groups is 1. The molecule has 1 aliphatic rings. The van der Waals surface area contributed by atoms with Crippen LogP contribution in [0.15, 0.2) is 67.0 Å². The molecule has 4 rings (SSSR count). The molecule has 0 unspecified atom stereocenters. The lowest BCUT2D eigenvalue weighted by molar-refractivity contribution is 0.0628. The van der Waals surface area contributed by atoms with E-state index in [9.17, 15) is 4.79 Å². The van der Waals surface area contributed by atoms with Gasteiger partial charge in [0, 0.05) is 50.7 Å². The molecule has 4 heteroatoms. The zero-order valence-electron chi connectivity index (χ0n) is 14.1. The van der Waals surface area contributed by atoms with Crippen LogP contribution < -0.4 is 0 Å². The third kappa shape index (κ3) is 3.54. The van der Waals surface area contributed by atoms with Gasteiger partial charge in [0.25, 0.3) is 5.91 Å². The number of piperazine rings is 1. The number of hydrogen-bond acceptors (Lipinski definition) is 3. The van der Waals surface area contributed by atoms with Gasteiger partial charge >= 0.3 is 0 Å². The van der Waals surface area contributed by atoms with Gasteiger partial charge in [-0.3, -0.25) is 14.7 Å². The summed E-state index contributed by atoms with van der Waals surface area (Å²) in [4.78, 5) is 20.8. The van der Waals surface area contributed by atoms with Gasteiger partial charge in [0.1, 0.15) is 0 Å². The van der Waals surface area contributed by atoms with Crippen molar-refractivity contribution in [2.24, 2.45) is 0 Å². The van der Waals surface area contributed by atoms with Crippen LogP contribution in [0, 0.1) is 0 Å². The zero-order chi connectivity index (χ0) is 17.1. The Hall–Kier alpha value is -2.72. The van der Waals surface area contributed by atoms with Gasteiger partial charge < -0.3 is 4.90 Å². The molecule has 3 aromatic rings. The lowest BCUT2D eigenvalue weighted by Gasteiger charge is -2.34. The van der Waals surface area contributed by atoms with E-state index in [4.69, 9.17) is 0 Å². The molecule has 1 fully saturated rings. The van der Waals surface area contributed by atoms with Gasteiger partial charge in [-0.2, -0.15) is 0 Å². The summed E-state index contributed by atoms with van der Waals surface area (Å²) in [6, 6.07) is 18.7. The van der Waals surface area contributed by atoms with E-state index in [0.29, 0.717) is 0 Å². The summed E-state index contributed by atoms with van der Waals surface area (Å²) in [6.07, 6.45) is 3.34. The van der Waals surface area contributed by atoms with Gasteiger partial charge in [0.2, 0.25) is 0 Å². The lowest BCUT2D eigenvalue weighted by Crippen LogP contribution is -2.48. The number of pyridine rings is 1. The second-order valence-corrected chi connectivity index (χ2v) is 6.49. The number of aromatic nitrogens is 1. The summed E-state index contributed by atoms with van der Waals surface area (Å²) < 4.78 is 0. The van der Waals surface area contributed by atoms with Crippen molar-refractivity contribution in [2.45, 2.75) is 6.54 Å². The van der Waals surface area contributed by atoms with Gasteiger partial charge in [0.15, 0.2) is 0 Å². The molecule has 1 saturated heterocycles. The maximum absolute atomic E-state index is 12.5. The number of rotatable bonds is 3. The fourth-order valence-electron chi connectivity index (χ4n) is 3.38. The maximum atomic E-state index is 12.5. The molecule has 0 spiro atoms. The third-order valence-corrected chi connectivity index (χ3v) is 4.81. The molecule has 1 amide bonds. The van der Waals surface area contributed by atoms with Crippen LogP contribution in [0.3, 0.4) is 0 Å². The number of hydrogen-bond donors (Lipinski definition) is 0. The van der Waals surface area contributed by atoms with E-state index in [0.717, 1.165) is 38.3 Å². The minimum atomic E-state index is 0.104. The van der Waals surface area contributed by atoms with Crippen molar-refractivity contribution < 1.29 is 4.79 Å². The molecule has 126 valence electrons. The van der Waals surface area contributed by atoms with Crippen molar-refractivity contribution in [3.8, 4) is 0 Å². The SMILES string of the molecule is O=C(c1ccncc1)N1CCN(Cc2ccc3ccccc3c2)CC1. The summed E-state index contributed by atoms with van der Waals surface area (Å²) in [7, 11) is 0. The molecular formula is C21H21N3O. The average Bonchev–Trinajstić information content (AvgIpc) is 2.69. The van der Waals surface area contributed by atoms with Gasteiger partial charge in [-0.05, 0) is 34.5 Å². The molecule has 0 bridgehead atoms. The average molecular weight is 331 g/mol. The Morgan fingerprint density at radius 2 is 1.60 bits per heavy atom. The van der Waals surface area contributed by atoms with E-state index >= 15 is 0 Å². The van der Waals surface area contributed by atoms with Crippen molar-refractivity contribution in [1.82, 2.24) is 14.8 Å². The third-order valence-electron chi connectivity index (χ3n) is 4.81. The Bertz CT molecular complexity index is 870. The summed E-state index contributed by atoms with van der Waals surface area (Å²) in [5, 5.41) is 2.56. The first-order chi connectivity index (χ1) is 12.3. The molecule has 0 N–H and O–H groups in total. The number of amides is 1. The number of nitrogens with zero attached hydrogens (tertiary/aromatic N) is 3. The molecule has 2 aromatic carbocycles. The highest BCUT2D eigenvalue weighted by atomic mass is 16.2. The molecule has 0 radical (unpaired) electrons. The molecule has 4 nitrogen and oxygen atoms in total. The fourth-order valence-corrected chi connectivity index (χ4v) is 3.38. The highest BCUT2D eigenvalue weighted by Crippen LogP contribution is 2.18. The molecule has 2 heterocycles. The first-order valence-corrected chi connectivity index (χ1v) is 8.69. The van der Waals surface area contributed by atoms with Crippen LogP contribution in [0.25, 0.3) is 10.8 Å². The van der Waals surface area contributed by atoms with Crippen LogP contribution in [0.1, 0.15) is 15.9 Å². The van der Waals surface area contributed by atoms with Crippen molar-refractivity contribution >= 4 is 16.7 Å². The summed E-state index contributed by atoms with van der Waals surface area (Å²) in [5.41, 5.74) is 2.05. The Kier molecular flexibility index (Phi) is 4.44. The standard InChI is InChI=1S/C21H21N3O/c25-21(19-7-9-22-10-8-19)24-13-11-23(12-14-24)16-17-5-6-18-3-1-2-4-20(18)15-17/h1-10,15H,11-14,16H2. The smallest absolute Gasteiger partial charge is 0.254 e. The maximum Gasteiger partial charge on any atom is 0.254 e. The normalized spacial score (nSPS) is 15.4. The van der Waals surface area contributed by atoms with E-state index in [1.165, 1.54) is 16.3 Å². The zero-order valence-corrected chi connectivity index (χ0v) is 14.1. The van der Waals surface area contributed by atoms with Crippen molar-refractivity contribution in [3.05, 3.63) is 78.1 Å². The van der Waals surface area contributed by atoms with Gasteiger partial charge in [-0.25, -0.2) is 0 Å². The van der Waals surface area contributed by atoms with Crippen LogP contribution in [-0.4, -0.2) is 46.9 Å². The van der Waals surface area contributed by atoms with Crippen LogP contribution in [0.2, 0.25) is 0 Å². The predicted molar refractivity (Wildman–Crippen MR) is 99.4 cm³/mol. The van der Waals surface area contributed by atoms with Gasteiger partial charge in [0.05, 0.1) is 0 Å². The Balaban J connectivity index is 1.37. The van der Waals surface area contributed by atoms with E-state index in [1.54, 1.807) is 24.5 Å². The summed E-state index contributed by atoms with van der Waals surface area (Å²) in [5.74, 6) is 0.104. The lowest BCUT2D eigenvalue weighted by atomic mass is 10.1. The highest BCUT2D eigenvalue weighted by Gasteiger charge is 2.22. The molecule has 0 saturated carbocycles. The van der Waals surface area contributed by atoms with Crippen LogP contribution in [0.5, 0.6) is 0 Å². The first-order valence-electron chi connectivity index (χ1n) is 8.69. The van der Waals surface area contributed by atoms with Crippen LogP contribution >= 0.6 is 0 Å². The van der Waals surface area contributed by atoms with Gasteiger partial charge in [-0.15, -0.1) is 0 Å². The molecular weight excluding hydrogens is 310 g/mol. The number of benzene rings is 2. The number of carbonyl (C=O) groups excluding carboxylic acids is 1. The minimum absolute atomic E-state index is 0.104. The quantitative estimate of drug-likeness (QED) is 0.739. The predicted octanol–water partition coefficient (Wildman–Crippen LogP) is 3.19. The fraction of sp³-hybridized carbons (Fsp3) is 0.238. The first kappa shape index (κ1) is 15.8. The van der Waals surface area contributed by atoms with E-state index in [-0.39, 0.29) is 5.91 Å². The minimum Gasteiger partial charge on any atom is -0.336 e. The second kappa shape index (κ2) is 7.03. The number of fused-ring (bicyclic) bond motifs is 1. The molecule has 0 aliphatic carbocycles. The van der Waals surface area contributed by atoms with E-state index in [1.807, 2.05) is 4.90 Å². The summed E-state index contributed by atoms with van der Waals surface area (Å²) in [6.45, 7) is 4.29. The van der Waals surface area contributed by atoms with E-state index < -0.39 is 0 Å². The Labute approximate surface area is 147 Å². The molecule has 25 heavy (non-hydrogen) atoms. The van der Waals surface area contributed by atoms with Crippen LogP contribution in [0.4, 0.5) is 0 Å². The molecule has 1 aromatic heterocycles. The second-order valence-electron chi connectivity index (χ2n) is 6.49. The van der Waals surface area contributed by atoms with Crippen molar-refractivity contribution in [3.63, 3.8) is 0 Å². The Morgan fingerprint density at radius 1 is 0.880 bits per heavy atom. The van der Waals surface area contributed by atoms with E-state index in [2.05, 4.69) is 52.3 Å². The Morgan fingerprint density at radius 3 is 2.36 bits per heavy atom. The summed E-state index contributed by atoms with van der Waals surface area (Å²) >= 11 is 0. The van der Waals surface area contributed by atoms with Crippen molar-refractivity contribution in [1.29, 1.82) is 0 Å². The largest absolute Gasteiger partial charge is 0.336 e. The molecule has 1 aliphatic heterocycles. The topological polar surface area (TPSA) is 36.4 Å².